The Bertz CT molecular complexity index is 4420. The summed E-state index contributed by atoms with van der Waals surface area (Å²) in [5, 5.41) is 31.6. The van der Waals surface area contributed by atoms with Crippen LogP contribution >= 0.6 is 73.3 Å². The van der Waals surface area contributed by atoms with Gasteiger partial charge < -0.3 is 72.2 Å². The number of ether oxygens (including phenoxy) is 12. The molecule has 0 aliphatic carbocycles. The number of aliphatic hydroxyl groups is 3. The van der Waals surface area contributed by atoms with E-state index in [1.54, 1.807) is 47.4 Å². The van der Waals surface area contributed by atoms with Gasteiger partial charge in [0.05, 0.1) is 71.8 Å². The molecule has 3 N–H and O–H groups in total. The second-order valence-corrected chi connectivity index (χ2v) is 52.8. The van der Waals surface area contributed by atoms with Crippen LogP contribution < -0.4 is 14.2 Å². The van der Waals surface area contributed by atoms with Gasteiger partial charge in [-0.15, -0.1) is 0 Å². The van der Waals surface area contributed by atoms with Gasteiger partial charge in [0.1, 0.15) is 95.4 Å². The van der Waals surface area contributed by atoms with Gasteiger partial charge in [0.15, 0.2) is 35.3 Å². The van der Waals surface area contributed by atoms with E-state index in [0.29, 0.717) is 120 Å². The van der Waals surface area contributed by atoms with Crippen molar-refractivity contribution in [3.8, 4) is 40.5 Å². The average molecular weight is 1730 g/mol. The summed E-state index contributed by atoms with van der Waals surface area (Å²) in [5.74, 6) is 0. The standard InChI is InChI=1S/C26H35ClN4O6SSi.C24H29BrClN3O5Si.C18H25ClIN3O5Si/c1-38(2,33)30-17-8-6-16(7-9-17)22-18(27)12-19-25(29-22)31(15-34-10-11-39(3,4)5)26(28-19)37-21-14-36-23-20(32)13-35-24(21)23;1-35(2,3)9-8-31-13-29-23-17(10-16(26)20(28-23)14-4-6-15(25)7-5-14)27-24(29)34-19-12-33-21-18(30)11-32-22(19)21;1-29(2,3)5-4-25-9-23-17-11(6-10(19)16(20)22-17)21-18(23)28-13-8-27-14-12(24)7-26-15(13)14/h6-9,12,20-21,23-24,32H,10-11,13-15H2,1-5H3;4-7,10,18-19,21-22,30H,8-9,11-13H2,1-3H3;6,12-15,24H,4-5,7-9H2,1-3H3/t20-,21-,23-,24-;18-,19-,21-,22-;12-,13-,14-,15-/m111/s1. The van der Waals surface area contributed by atoms with Crippen molar-refractivity contribution in [2.24, 2.45) is 4.36 Å². The van der Waals surface area contributed by atoms with Crippen LogP contribution in [0.5, 0.6) is 18.0 Å². The van der Waals surface area contributed by atoms with Gasteiger partial charge in [-0.1, -0.05) is 134 Å². The Hall–Kier alpha value is -4.10. The maximum absolute atomic E-state index is 12.1. The van der Waals surface area contributed by atoms with E-state index in [0.717, 1.165) is 33.7 Å². The number of aliphatic hydroxyl groups excluding tert-OH is 3. The topological polar surface area (TPSA) is 293 Å². The van der Waals surface area contributed by atoms with Gasteiger partial charge in [-0.05, 0) is 83.2 Å². The molecule has 6 aromatic heterocycles. The molecule has 14 rings (SSSR count). The molecule has 0 amide bonds. The second-order valence-electron chi connectivity index (χ2n) is 30.2. The first kappa shape index (κ1) is 78.5. The van der Waals surface area contributed by atoms with E-state index in [-0.39, 0.29) is 83.2 Å². The smallest absolute Gasteiger partial charge is 0.301 e. The number of benzene rings is 2. The molecule has 103 heavy (non-hydrogen) atoms. The van der Waals surface area contributed by atoms with E-state index < -0.39 is 70.6 Å². The van der Waals surface area contributed by atoms with Crippen LogP contribution in [0.1, 0.15) is 0 Å². The molecule has 6 aliphatic rings. The maximum atomic E-state index is 12.1. The predicted octanol–water partition coefficient (Wildman–Crippen LogP) is 12.0. The Morgan fingerprint density at radius 3 is 1.16 bits per heavy atom. The summed E-state index contributed by atoms with van der Waals surface area (Å²) in [5.41, 5.74) is 7.22. The molecule has 6 aliphatic heterocycles. The summed E-state index contributed by atoms with van der Waals surface area (Å²) in [7, 11) is -5.97. The van der Waals surface area contributed by atoms with Gasteiger partial charge in [0.25, 0.3) is 0 Å². The SMILES string of the molecule is C[Si](C)(C)CCOCn1c(O[C@@H]2CO[C@H]3[C@@H]2OC[C@H]3O)nc2cc(Cl)c(-c3ccc(Br)cc3)nc21.C[Si](C)(C)CCOCn1c(O[C@@H]2CO[C@H]3[C@@H]2OC[C@H]3O)nc2cc(Cl)c(-c3ccc(N=S(C)(C)=O)cc3)nc21.C[Si](C)(C)CCOCn1c(O[C@@H]2CO[C@H]3[C@@H]2OC[C@H]3O)nc2cc(Cl)c(I)nc21. The van der Waals surface area contributed by atoms with Crippen LogP contribution in [-0.4, -0.2) is 233 Å². The largest absolute Gasteiger partial charge is 0.456 e. The van der Waals surface area contributed by atoms with Crippen molar-refractivity contribution in [2.75, 3.05) is 72.0 Å². The molecular formula is C68H89BrCl3IN10O16SSi3. The van der Waals surface area contributed by atoms with Gasteiger partial charge in [0.2, 0.25) is 0 Å². The fourth-order valence-electron chi connectivity index (χ4n) is 12.2. The van der Waals surface area contributed by atoms with Gasteiger partial charge in [0, 0.05) is 81.9 Å². The van der Waals surface area contributed by atoms with Crippen molar-refractivity contribution in [1.82, 2.24) is 43.6 Å². The summed E-state index contributed by atoms with van der Waals surface area (Å²) in [4.78, 5) is 28.3. The minimum Gasteiger partial charge on any atom is -0.456 e. The lowest BCUT2D eigenvalue weighted by atomic mass is 10.1. The van der Waals surface area contributed by atoms with Crippen LogP contribution in [0.4, 0.5) is 5.69 Å². The van der Waals surface area contributed by atoms with Crippen molar-refractivity contribution in [2.45, 2.75) is 170 Å². The van der Waals surface area contributed by atoms with Gasteiger partial charge in [-0.3, -0.25) is 13.7 Å². The highest BCUT2D eigenvalue weighted by Crippen LogP contribution is 2.39. The zero-order valence-corrected chi connectivity index (χ0v) is 69.1. The fraction of sp³-hybridized carbons (Fsp3) is 0.559. The van der Waals surface area contributed by atoms with E-state index in [9.17, 15) is 19.5 Å². The highest BCUT2D eigenvalue weighted by molar-refractivity contribution is 14.1. The lowest BCUT2D eigenvalue weighted by molar-refractivity contribution is 0.00332. The summed E-state index contributed by atoms with van der Waals surface area (Å²) in [6.07, 6.45) is -2.13. The molecule has 0 spiro atoms. The van der Waals surface area contributed by atoms with Crippen LogP contribution in [0.3, 0.4) is 0 Å². The number of fused-ring (bicyclic) bond motifs is 6. The molecular weight excluding hydrogens is 1640 g/mol. The number of halogens is 5. The van der Waals surface area contributed by atoms with Gasteiger partial charge >= 0.3 is 18.0 Å². The molecule has 0 radical (unpaired) electrons. The molecule has 12 heterocycles. The minimum absolute atomic E-state index is 0.203. The van der Waals surface area contributed by atoms with E-state index in [1.807, 2.05) is 45.5 Å². The summed E-state index contributed by atoms with van der Waals surface area (Å²) in [6.45, 7) is 25.1. The number of imidazole rings is 3. The summed E-state index contributed by atoms with van der Waals surface area (Å²) < 4.78 is 94.5. The first-order chi connectivity index (χ1) is 48.8. The van der Waals surface area contributed by atoms with E-state index in [1.165, 1.54) is 0 Å². The molecule has 2 aromatic carbocycles. The summed E-state index contributed by atoms with van der Waals surface area (Å²) >= 11 is 25.1. The average Bonchev–Trinajstić information content (AvgIpc) is 1.71. The molecule has 8 aromatic rings. The third kappa shape index (κ3) is 19.5. The zero-order valence-electron chi connectivity index (χ0n) is 59.3. The molecule has 12 atom stereocenters. The minimum atomic E-state index is -2.27. The van der Waals surface area contributed by atoms with Crippen molar-refractivity contribution in [3.63, 3.8) is 0 Å². The quantitative estimate of drug-likeness (QED) is 0.0219. The van der Waals surface area contributed by atoms with Gasteiger partial charge in [-0.25, -0.2) is 19.2 Å². The number of hydrogen-bond donors (Lipinski definition) is 3. The lowest BCUT2D eigenvalue weighted by Crippen LogP contribution is -2.35. The fourth-order valence-corrected chi connectivity index (χ4v) is 16.4. The van der Waals surface area contributed by atoms with E-state index >= 15 is 0 Å². The van der Waals surface area contributed by atoms with Crippen molar-refractivity contribution >= 4 is 146 Å². The summed E-state index contributed by atoms with van der Waals surface area (Å²) in [6, 6.07) is 24.7. The van der Waals surface area contributed by atoms with Crippen molar-refractivity contribution in [1.29, 1.82) is 0 Å². The van der Waals surface area contributed by atoms with Crippen LogP contribution in [-0.2, 0) is 72.6 Å². The lowest BCUT2D eigenvalue weighted by Gasteiger charge is -2.19. The first-order valence-corrected chi connectivity index (χ1v) is 50.6. The van der Waals surface area contributed by atoms with Crippen LogP contribution in [0.15, 0.2) is 75.6 Å². The number of rotatable bonds is 24. The number of aromatic nitrogens is 9. The molecule has 0 bridgehead atoms. The Morgan fingerprint density at radius 1 is 0.495 bits per heavy atom. The molecule has 6 fully saturated rings. The maximum Gasteiger partial charge on any atom is 0.301 e. The molecule has 6 saturated heterocycles. The highest BCUT2D eigenvalue weighted by atomic mass is 127. The number of hydrogen-bond acceptors (Lipinski definition) is 23. The Morgan fingerprint density at radius 2 is 0.816 bits per heavy atom. The third-order valence-corrected chi connectivity index (χ3v) is 26.1. The Labute approximate surface area is 638 Å². The number of nitrogens with zero attached hydrogens (tertiary/aromatic N) is 10. The van der Waals surface area contributed by atoms with E-state index in [4.69, 9.17) is 102 Å². The molecule has 0 saturated carbocycles. The Kier molecular flexibility index (Phi) is 25.1. The Balaban J connectivity index is 0.000000147. The molecule has 560 valence electrons. The third-order valence-electron chi connectivity index (χ3n) is 17.8. The monoisotopic (exact) mass is 1730 g/mol. The highest BCUT2D eigenvalue weighted by Gasteiger charge is 2.51. The molecule has 26 nitrogen and oxygen atoms in total. The van der Waals surface area contributed by atoms with Crippen LogP contribution in [0.25, 0.3) is 56.0 Å². The van der Waals surface area contributed by atoms with Gasteiger partial charge in [-0.2, -0.15) is 19.3 Å². The normalized spacial score (nSPS) is 24.7. The number of pyridine rings is 3. The second kappa shape index (κ2) is 33.0. The molecule has 35 heteroatoms. The van der Waals surface area contributed by atoms with Crippen LogP contribution in [0.2, 0.25) is 92.1 Å². The predicted molar refractivity (Wildman–Crippen MR) is 413 cm³/mol. The first-order valence-electron chi connectivity index (χ1n) is 34.2. The van der Waals surface area contributed by atoms with Crippen LogP contribution in [0, 0.1) is 3.70 Å². The van der Waals surface area contributed by atoms with Crippen molar-refractivity contribution < 1.29 is 76.4 Å². The van der Waals surface area contributed by atoms with Crippen molar-refractivity contribution in [3.05, 3.63) is 90.0 Å². The zero-order chi connectivity index (χ0) is 73.4. The van der Waals surface area contributed by atoms with E-state index in [2.05, 4.69) is 122 Å². The molecule has 0 unspecified atom stereocenters.